The van der Waals surface area contributed by atoms with E-state index in [0.717, 1.165) is 28.4 Å². The highest BCUT2D eigenvalue weighted by molar-refractivity contribution is 6.17. The molecular weight excluding hydrogens is 396 g/mol. The Bertz CT molecular complexity index is 991. The summed E-state index contributed by atoms with van der Waals surface area (Å²) in [6.07, 6.45) is 0. The molecule has 2 aromatic rings. The van der Waals surface area contributed by atoms with E-state index in [4.69, 9.17) is 23.7 Å². The number of ether oxygens (including phenoxy) is 5. The summed E-state index contributed by atoms with van der Waals surface area (Å²) >= 11 is 0. The molecule has 0 aliphatic heterocycles. The zero-order valence-electron chi connectivity index (χ0n) is 17.1. The standard InChI is InChI=1S/C21H20O9/c1-26-12-8-6-11(7-9-12)13-10-14(18(22)27-2)16(20(24)29-4)17(21(25)30-5)15(13)19(23)28-3/h6-10H,1-5H3. The SMILES string of the molecule is COC(=O)c1cc(-c2ccc(OC)cc2)c(C(=O)OC)c(C(=O)OC)c1C(=O)OC. The van der Waals surface area contributed by atoms with Crippen LogP contribution in [0, 0.1) is 0 Å². The van der Waals surface area contributed by atoms with Crippen molar-refractivity contribution in [1.82, 2.24) is 0 Å². The molecule has 158 valence electrons. The van der Waals surface area contributed by atoms with Crippen molar-refractivity contribution in [3.8, 4) is 16.9 Å². The molecule has 0 amide bonds. The predicted molar refractivity (Wildman–Crippen MR) is 104 cm³/mol. The molecule has 2 rings (SSSR count). The van der Waals surface area contributed by atoms with Crippen LogP contribution < -0.4 is 4.74 Å². The average molecular weight is 416 g/mol. The molecule has 0 saturated carbocycles. The second-order valence-corrected chi connectivity index (χ2v) is 5.79. The number of benzene rings is 2. The summed E-state index contributed by atoms with van der Waals surface area (Å²) in [6, 6.07) is 7.74. The Balaban J connectivity index is 3.06. The predicted octanol–water partition coefficient (Wildman–Crippen LogP) is 2.51. The third-order valence-electron chi connectivity index (χ3n) is 4.30. The van der Waals surface area contributed by atoms with Crippen molar-refractivity contribution >= 4 is 23.9 Å². The summed E-state index contributed by atoms with van der Waals surface area (Å²) in [4.78, 5) is 50.2. The monoisotopic (exact) mass is 416 g/mol. The lowest BCUT2D eigenvalue weighted by Crippen LogP contribution is -2.23. The molecule has 0 N–H and O–H groups in total. The van der Waals surface area contributed by atoms with Crippen LogP contribution in [0.4, 0.5) is 0 Å². The maximum atomic E-state index is 12.7. The van der Waals surface area contributed by atoms with Gasteiger partial charge in [0.1, 0.15) is 5.75 Å². The zero-order chi connectivity index (χ0) is 22.4. The Morgan fingerprint density at radius 2 is 1.07 bits per heavy atom. The molecule has 0 atom stereocenters. The van der Waals surface area contributed by atoms with Gasteiger partial charge in [-0.2, -0.15) is 0 Å². The maximum absolute atomic E-state index is 12.7. The van der Waals surface area contributed by atoms with Crippen LogP contribution in [0.2, 0.25) is 0 Å². The van der Waals surface area contributed by atoms with Gasteiger partial charge in [-0.05, 0) is 29.3 Å². The smallest absolute Gasteiger partial charge is 0.339 e. The molecule has 0 aliphatic carbocycles. The first-order valence-electron chi connectivity index (χ1n) is 8.53. The van der Waals surface area contributed by atoms with Crippen LogP contribution in [0.1, 0.15) is 41.4 Å². The van der Waals surface area contributed by atoms with Crippen molar-refractivity contribution in [1.29, 1.82) is 0 Å². The molecule has 0 saturated heterocycles. The van der Waals surface area contributed by atoms with Gasteiger partial charge in [0.15, 0.2) is 0 Å². The fraction of sp³-hybridized carbons (Fsp3) is 0.238. The van der Waals surface area contributed by atoms with E-state index in [0.29, 0.717) is 11.3 Å². The van der Waals surface area contributed by atoms with Crippen molar-refractivity contribution < 1.29 is 42.9 Å². The van der Waals surface area contributed by atoms with Crippen LogP contribution in [-0.2, 0) is 18.9 Å². The zero-order valence-corrected chi connectivity index (χ0v) is 17.1. The first-order chi connectivity index (χ1) is 14.3. The van der Waals surface area contributed by atoms with Crippen molar-refractivity contribution in [2.45, 2.75) is 0 Å². The number of esters is 4. The van der Waals surface area contributed by atoms with Crippen LogP contribution in [0.3, 0.4) is 0 Å². The molecule has 0 radical (unpaired) electrons. The van der Waals surface area contributed by atoms with E-state index < -0.39 is 35.0 Å². The highest BCUT2D eigenvalue weighted by Gasteiger charge is 2.34. The minimum absolute atomic E-state index is 0.151. The van der Waals surface area contributed by atoms with Gasteiger partial charge in [0.05, 0.1) is 57.8 Å². The van der Waals surface area contributed by atoms with Gasteiger partial charge in [-0.3, -0.25) is 0 Å². The number of rotatable bonds is 6. The van der Waals surface area contributed by atoms with Crippen LogP contribution in [0.15, 0.2) is 30.3 Å². The van der Waals surface area contributed by atoms with Gasteiger partial charge in [-0.25, -0.2) is 19.2 Å². The van der Waals surface area contributed by atoms with E-state index >= 15 is 0 Å². The second-order valence-electron chi connectivity index (χ2n) is 5.79. The third-order valence-corrected chi connectivity index (χ3v) is 4.30. The van der Waals surface area contributed by atoms with Crippen molar-refractivity contribution in [3.63, 3.8) is 0 Å². The number of hydrogen-bond donors (Lipinski definition) is 0. The van der Waals surface area contributed by atoms with Gasteiger partial charge in [0.25, 0.3) is 0 Å². The first-order valence-corrected chi connectivity index (χ1v) is 8.53. The molecule has 0 heterocycles. The molecule has 0 aliphatic rings. The Kier molecular flexibility index (Phi) is 7.13. The number of methoxy groups -OCH3 is 5. The number of carbonyl (C=O) groups is 4. The second kappa shape index (κ2) is 9.55. The molecule has 30 heavy (non-hydrogen) atoms. The van der Waals surface area contributed by atoms with Gasteiger partial charge < -0.3 is 23.7 Å². The van der Waals surface area contributed by atoms with Gasteiger partial charge in [-0.15, -0.1) is 0 Å². The lowest BCUT2D eigenvalue weighted by Gasteiger charge is -2.18. The Morgan fingerprint density at radius 3 is 1.53 bits per heavy atom. The molecule has 9 heteroatoms. The summed E-state index contributed by atoms with van der Waals surface area (Å²) in [5.74, 6) is -3.33. The van der Waals surface area contributed by atoms with Gasteiger partial charge in [0, 0.05) is 0 Å². The van der Waals surface area contributed by atoms with E-state index in [1.165, 1.54) is 13.2 Å². The summed E-state index contributed by atoms with van der Waals surface area (Å²) in [7, 11) is 5.86. The molecule has 0 bridgehead atoms. The molecule has 9 nitrogen and oxygen atoms in total. The van der Waals surface area contributed by atoms with Crippen molar-refractivity contribution in [2.24, 2.45) is 0 Å². The normalized spacial score (nSPS) is 10.0. The van der Waals surface area contributed by atoms with E-state index in [9.17, 15) is 19.2 Å². The summed E-state index contributed by atoms with van der Waals surface area (Å²) in [5.41, 5.74) is -0.870. The Labute approximate surface area is 172 Å². The van der Waals surface area contributed by atoms with E-state index in [2.05, 4.69) is 0 Å². The van der Waals surface area contributed by atoms with Gasteiger partial charge in [0.2, 0.25) is 0 Å². The van der Waals surface area contributed by atoms with E-state index in [1.807, 2.05) is 0 Å². The lowest BCUT2D eigenvalue weighted by atomic mass is 9.88. The van der Waals surface area contributed by atoms with Crippen LogP contribution in [-0.4, -0.2) is 59.4 Å². The highest BCUT2D eigenvalue weighted by atomic mass is 16.5. The largest absolute Gasteiger partial charge is 0.497 e. The highest BCUT2D eigenvalue weighted by Crippen LogP contribution is 2.34. The topological polar surface area (TPSA) is 114 Å². The minimum atomic E-state index is -1.03. The number of hydrogen-bond acceptors (Lipinski definition) is 9. The molecular formula is C21H20O9. The summed E-state index contributed by atoms with van der Waals surface area (Å²) in [6.45, 7) is 0. The Morgan fingerprint density at radius 1 is 0.600 bits per heavy atom. The Hall–Kier alpha value is -3.88. The van der Waals surface area contributed by atoms with Crippen LogP contribution >= 0.6 is 0 Å². The lowest BCUT2D eigenvalue weighted by molar-refractivity contribution is 0.0522. The van der Waals surface area contributed by atoms with Crippen molar-refractivity contribution in [3.05, 3.63) is 52.6 Å². The molecule has 0 spiro atoms. The number of carbonyl (C=O) groups excluding carboxylic acids is 4. The van der Waals surface area contributed by atoms with Gasteiger partial charge >= 0.3 is 23.9 Å². The average Bonchev–Trinajstić information content (AvgIpc) is 2.80. The quantitative estimate of drug-likeness (QED) is 0.517. The molecule has 0 fully saturated rings. The molecule has 2 aromatic carbocycles. The first kappa shape index (κ1) is 22.4. The van der Waals surface area contributed by atoms with Gasteiger partial charge in [-0.1, -0.05) is 12.1 Å². The third kappa shape index (κ3) is 4.09. The van der Waals surface area contributed by atoms with E-state index in [-0.39, 0.29) is 16.7 Å². The summed E-state index contributed by atoms with van der Waals surface area (Å²) in [5, 5.41) is 0. The molecule has 0 unspecified atom stereocenters. The molecule has 0 aromatic heterocycles. The van der Waals surface area contributed by atoms with Crippen LogP contribution in [0.5, 0.6) is 5.75 Å². The minimum Gasteiger partial charge on any atom is -0.497 e. The van der Waals surface area contributed by atoms with Crippen LogP contribution in [0.25, 0.3) is 11.1 Å². The fourth-order valence-electron chi connectivity index (χ4n) is 2.89. The van der Waals surface area contributed by atoms with Crippen molar-refractivity contribution in [2.75, 3.05) is 35.5 Å². The fourth-order valence-corrected chi connectivity index (χ4v) is 2.89. The maximum Gasteiger partial charge on any atom is 0.339 e. The van der Waals surface area contributed by atoms with E-state index in [1.54, 1.807) is 24.3 Å². The summed E-state index contributed by atoms with van der Waals surface area (Å²) < 4.78 is 24.2.